The minimum Gasteiger partial charge on any atom is -0.381 e. The van der Waals surface area contributed by atoms with Crippen LogP contribution in [0.25, 0.3) is 0 Å². The summed E-state index contributed by atoms with van der Waals surface area (Å²) >= 11 is 0. The Morgan fingerprint density at radius 3 is 3.21 bits per heavy atom. The third-order valence-electron chi connectivity index (χ3n) is 3.21. The van der Waals surface area contributed by atoms with E-state index >= 15 is 0 Å². The molecule has 1 aromatic rings. The predicted octanol–water partition coefficient (Wildman–Crippen LogP) is 1.44. The highest BCUT2D eigenvalue weighted by Gasteiger charge is 2.26. The lowest BCUT2D eigenvalue weighted by atomic mass is 10.1. The molecule has 1 atom stereocenters. The molecule has 0 aromatic carbocycles. The van der Waals surface area contributed by atoms with Gasteiger partial charge in [0.05, 0.1) is 11.7 Å². The Morgan fingerprint density at radius 1 is 1.68 bits per heavy atom. The number of nitrogen functional groups attached to an aromatic ring is 1. The van der Waals surface area contributed by atoms with Crippen molar-refractivity contribution < 1.29 is 13.9 Å². The Kier molecular flexibility index (Phi) is 4.31. The number of anilines is 1. The number of aromatic nitrogens is 1. The fourth-order valence-corrected chi connectivity index (χ4v) is 2.29. The molecule has 0 radical (unpaired) electrons. The highest BCUT2D eigenvalue weighted by atomic mass is 19.1. The summed E-state index contributed by atoms with van der Waals surface area (Å²) in [7, 11) is 0. The number of nitrogens with zero attached hydrogens (tertiary/aromatic N) is 2. The van der Waals surface area contributed by atoms with Gasteiger partial charge in [0.25, 0.3) is 5.91 Å². The van der Waals surface area contributed by atoms with Crippen LogP contribution in [0.1, 0.15) is 30.1 Å². The van der Waals surface area contributed by atoms with Crippen LogP contribution in [-0.2, 0) is 4.74 Å². The minimum absolute atomic E-state index is 0.0235. The SMILES string of the molecule is CCOC1CCCN(C(=O)c2ccnc(N)c2F)C1. The maximum Gasteiger partial charge on any atom is 0.257 e. The zero-order valence-electron chi connectivity index (χ0n) is 10.9. The number of halogens is 1. The first-order chi connectivity index (χ1) is 9.13. The molecule has 1 aromatic heterocycles. The molecule has 0 spiro atoms. The van der Waals surface area contributed by atoms with Crippen LogP contribution >= 0.6 is 0 Å². The van der Waals surface area contributed by atoms with Gasteiger partial charge in [0.1, 0.15) is 0 Å². The summed E-state index contributed by atoms with van der Waals surface area (Å²) in [6.45, 7) is 3.64. The van der Waals surface area contributed by atoms with Crippen LogP contribution in [0.15, 0.2) is 12.3 Å². The van der Waals surface area contributed by atoms with Crippen molar-refractivity contribution in [1.82, 2.24) is 9.88 Å². The molecule has 0 bridgehead atoms. The molecule has 1 fully saturated rings. The van der Waals surface area contributed by atoms with Gasteiger partial charge in [-0.15, -0.1) is 0 Å². The Balaban J connectivity index is 2.12. The summed E-state index contributed by atoms with van der Waals surface area (Å²) < 4.78 is 19.3. The molecular weight excluding hydrogens is 249 g/mol. The first kappa shape index (κ1) is 13.7. The van der Waals surface area contributed by atoms with Gasteiger partial charge in [0.2, 0.25) is 0 Å². The first-order valence-electron chi connectivity index (χ1n) is 6.44. The zero-order valence-corrected chi connectivity index (χ0v) is 10.9. The molecule has 2 heterocycles. The maximum absolute atomic E-state index is 13.8. The molecule has 1 amide bonds. The second-order valence-corrected chi connectivity index (χ2v) is 4.53. The van der Waals surface area contributed by atoms with E-state index in [1.54, 1.807) is 4.90 Å². The third-order valence-corrected chi connectivity index (χ3v) is 3.21. The van der Waals surface area contributed by atoms with Crippen LogP contribution < -0.4 is 5.73 Å². The highest BCUT2D eigenvalue weighted by molar-refractivity contribution is 5.95. The number of ether oxygens (including phenoxy) is 1. The number of likely N-dealkylation sites (tertiary alicyclic amines) is 1. The van der Waals surface area contributed by atoms with Gasteiger partial charge in [-0.1, -0.05) is 0 Å². The van der Waals surface area contributed by atoms with E-state index < -0.39 is 5.82 Å². The second-order valence-electron chi connectivity index (χ2n) is 4.53. The average molecular weight is 267 g/mol. The van der Waals surface area contributed by atoms with Crippen molar-refractivity contribution >= 4 is 11.7 Å². The Bertz CT molecular complexity index is 465. The topological polar surface area (TPSA) is 68.5 Å². The molecule has 6 heteroatoms. The van der Waals surface area contributed by atoms with Gasteiger partial charge in [-0.2, -0.15) is 0 Å². The number of amides is 1. The molecule has 19 heavy (non-hydrogen) atoms. The van der Waals surface area contributed by atoms with E-state index in [4.69, 9.17) is 10.5 Å². The van der Waals surface area contributed by atoms with Crippen molar-refractivity contribution in [2.45, 2.75) is 25.9 Å². The minimum atomic E-state index is -0.744. The largest absolute Gasteiger partial charge is 0.381 e. The third kappa shape index (κ3) is 3.01. The van der Waals surface area contributed by atoms with Gasteiger partial charge in [-0.25, -0.2) is 9.37 Å². The molecule has 2 rings (SSSR count). The predicted molar refractivity (Wildman–Crippen MR) is 69.2 cm³/mol. The molecule has 5 nitrogen and oxygen atoms in total. The molecule has 0 saturated carbocycles. The second kappa shape index (κ2) is 5.97. The van der Waals surface area contributed by atoms with Crippen LogP contribution in [0.3, 0.4) is 0 Å². The van der Waals surface area contributed by atoms with E-state index in [2.05, 4.69) is 4.98 Å². The lowest BCUT2D eigenvalue weighted by Gasteiger charge is -2.32. The van der Waals surface area contributed by atoms with E-state index in [-0.39, 0.29) is 23.4 Å². The quantitative estimate of drug-likeness (QED) is 0.900. The number of carbonyl (C=O) groups is 1. The summed E-state index contributed by atoms with van der Waals surface area (Å²) in [5.41, 5.74) is 5.36. The van der Waals surface area contributed by atoms with Crippen molar-refractivity contribution in [1.29, 1.82) is 0 Å². The fourth-order valence-electron chi connectivity index (χ4n) is 2.29. The van der Waals surface area contributed by atoms with Gasteiger partial charge < -0.3 is 15.4 Å². The molecule has 2 N–H and O–H groups in total. The Labute approximate surface area is 111 Å². The van der Waals surface area contributed by atoms with E-state index in [0.29, 0.717) is 19.7 Å². The summed E-state index contributed by atoms with van der Waals surface area (Å²) in [4.78, 5) is 17.5. The maximum atomic E-state index is 13.8. The van der Waals surface area contributed by atoms with Crippen LogP contribution in [0.2, 0.25) is 0 Å². The van der Waals surface area contributed by atoms with Crippen LogP contribution in [0.5, 0.6) is 0 Å². The molecule has 104 valence electrons. The Hall–Kier alpha value is -1.69. The highest BCUT2D eigenvalue weighted by Crippen LogP contribution is 2.19. The van der Waals surface area contributed by atoms with Gasteiger partial charge in [0.15, 0.2) is 11.6 Å². The van der Waals surface area contributed by atoms with Crippen LogP contribution in [0, 0.1) is 5.82 Å². The van der Waals surface area contributed by atoms with E-state index in [9.17, 15) is 9.18 Å². The van der Waals surface area contributed by atoms with Gasteiger partial charge in [0, 0.05) is 25.9 Å². The zero-order chi connectivity index (χ0) is 13.8. The number of piperidine rings is 1. The van der Waals surface area contributed by atoms with Crippen LogP contribution in [-0.4, -0.2) is 41.6 Å². The summed E-state index contributed by atoms with van der Waals surface area (Å²) in [6, 6.07) is 1.36. The number of nitrogens with two attached hydrogens (primary N) is 1. The van der Waals surface area contributed by atoms with E-state index in [1.807, 2.05) is 6.92 Å². The molecule has 1 aliphatic heterocycles. The molecule has 1 saturated heterocycles. The normalized spacial score (nSPS) is 19.5. The average Bonchev–Trinajstić information content (AvgIpc) is 2.42. The number of pyridine rings is 1. The number of rotatable bonds is 3. The smallest absolute Gasteiger partial charge is 0.257 e. The van der Waals surface area contributed by atoms with Gasteiger partial charge >= 0.3 is 0 Å². The van der Waals surface area contributed by atoms with E-state index in [0.717, 1.165) is 12.8 Å². The molecule has 0 aliphatic carbocycles. The summed E-state index contributed by atoms with van der Waals surface area (Å²) in [6.07, 6.45) is 3.16. The fraction of sp³-hybridized carbons (Fsp3) is 0.538. The van der Waals surface area contributed by atoms with Crippen molar-refractivity contribution in [2.75, 3.05) is 25.4 Å². The standard InChI is InChI=1S/C13H18FN3O2/c1-2-19-9-4-3-7-17(8-9)13(18)10-5-6-16-12(15)11(10)14/h5-6,9H,2-4,7-8H2,1H3,(H2,15,16). The molecule has 1 unspecified atom stereocenters. The van der Waals surface area contributed by atoms with Crippen molar-refractivity contribution in [3.8, 4) is 0 Å². The number of hydrogen-bond acceptors (Lipinski definition) is 4. The number of hydrogen-bond donors (Lipinski definition) is 1. The molecular formula is C13H18FN3O2. The first-order valence-corrected chi connectivity index (χ1v) is 6.44. The lowest BCUT2D eigenvalue weighted by Crippen LogP contribution is -2.43. The summed E-state index contributed by atoms with van der Waals surface area (Å²) in [5, 5.41) is 0. The van der Waals surface area contributed by atoms with Crippen molar-refractivity contribution in [3.05, 3.63) is 23.6 Å². The summed E-state index contributed by atoms with van der Waals surface area (Å²) in [5.74, 6) is -1.34. The monoisotopic (exact) mass is 267 g/mol. The van der Waals surface area contributed by atoms with Gasteiger partial charge in [-0.3, -0.25) is 4.79 Å². The van der Waals surface area contributed by atoms with Gasteiger partial charge in [-0.05, 0) is 25.8 Å². The molecule has 1 aliphatic rings. The lowest BCUT2D eigenvalue weighted by molar-refractivity contribution is 0.00708. The Morgan fingerprint density at radius 2 is 2.47 bits per heavy atom. The number of carbonyl (C=O) groups excluding carboxylic acids is 1. The van der Waals surface area contributed by atoms with Crippen molar-refractivity contribution in [3.63, 3.8) is 0 Å². The van der Waals surface area contributed by atoms with Crippen LogP contribution in [0.4, 0.5) is 10.2 Å². The van der Waals surface area contributed by atoms with E-state index in [1.165, 1.54) is 12.3 Å². The van der Waals surface area contributed by atoms with Crippen molar-refractivity contribution in [2.24, 2.45) is 0 Å².